The van der Waals surface area contributed by atoms with Crippen LogP contribution >= 0.6 is 0 Å². The van der Waals surface area contributed by atoms with Crippen LogP contribution in [0, 0.1) is 0 Å². The van der Waals surface area contributed by atoms with Crippen LogP contribution in [0.1, 0.15) is 11.1 Å². The zero-order chi connectivity index (χ0) is 16.1. The van der Waals surface area contributed by atoms with E-state index in [4.69, 9.17) is 10.8 Å². The number of benzene rings is 1. The Morgan fingerprint density at radius 3 is 2.52 bits per heavy atom. The normalized spacial score (nSPS) is 15.8. The van der Waals surface area contributed by atoms with Crippen LogP contribution < -0.4 is 10.6 Å². The molecular formula is C17H23N5O. The summed E-state index contributed by atoms with van der Waals surface area (Å²) in [6, 6.07) is 10.3. The maximum Gasteiger partial charge on any atom is 0.221 e. The standard InChI is InChI=1S/C17H23N5O/c18-17-19-13-15(12-14-4-2-1-3-5-14)16(20-17)22-8-6-21(7-9-22)10-11-23/h1-5,13,23H,6-12H2,(H2,18,19,20). The number of rotatable bonds is 5. The van der Waals surface area contributed by atoms with Gasteiger partial charge < -0.3 is 15.7 Å². The highest BCUT2D eigenvalue weighted by molar-refractivity contribution is 5.51. The Balaban J connectivity index is 1.77. The molecule has 1 fully saturated rings. The third kappa shape index (κ3) is 3.97. The number of aliphatic hydroxyl groups excluding tert-OH is 1. The van der Waals surface area contributed by atoms with Crippen molar-refractivity contribution in [3.8, 4) is 0 Å². The Hall–Kier alpha value is -2.18. The van der Waals surface area contributed by atoms with E-state index in [0.717, 1.165) is 50.5 Å². The van der Waals surface area contributed by atoms with E-state index >= 15 is 0 Å². The van der Waals surface area contributed by atoms with Gasteiger partial charge in [0.15, 0.2) is 0 Å². The number of nitrogens with two attached hydrogens (primary N) is 1. The molecule has 0 spiro atoms. The third-order valence-electron chi connectivity index (χ3n) is 4.19. The summed E-state index contributed by atoms with van der Waals surface area (Å²) < 4.78 is 0. The Kier molecular flexibility index (Phi) is 5.05. The van der Waals surface area contributed by atoms with Crippen LogP contribution in [-0.2, 0) is 6.42 Å². The largest absolute Gasteiger partial charge is 0.395 e. The van der Waals surface area contributed by atoms with Crippen molar-refractivity contribution in [2.45, 2.75) is 6.42 Å². The number of hydrogen-bond donors (Lipinski definition) is 2. The Bertz CT molecular complexity index is 626. The number of β-amino-alcohol motifs (C(OH)–C–C–N with tert-alkyl or cyclic N) is 1. The van der Waals surface area contributed by atoms with Crippen molar-refractivity contribution in [2.75, 3.05) is 50.0 Å². The summed E-state index contributed by atoms with van der Waals surface area (Å²) in [6.07, 6.45) is 2.64. The lowest BCUT2D eigenvalue weighted by molar-refractivity contribution is 0.188. The first-order chi connectivity index (χ1) is 11.3. The summed E-state index contributed by atoms with van der Waals surface area (Å²) in [5.74, 6) is 1.25. The summed E-state index contributed by atoms with van der Waals surface area (Å²) in [7, 11) is 0. The molecule has 1 aromatic heterocycles. The van der Waals surface area contributed by atoms with Gasteiger partial charge >= 0.3 is 0 Å². The lowest BCUT2D eigenvalue weighted by Gasteiger charge is -2.35. The summed E-state index contributed by atoms with van der Waals surface area (Å²) in [5, 5.41) is 9.05. The summed E-state index contributed by atoms with van der Waals surface area (Å²) in [5.41, 5.74) is 8.15. The lowest BCUT2D eigenvalue weighted by Crippen LogP contribution is -2.47. The summed E-state index contributed by atoms with van der Waals surface area (Å²) >= 11 is 0. The molecule has 1 saturated heterocycles. The van der Waals surface area contributed by atoms with Crippen molar-refractivity contribution in [3.63, 3.8) is 0 Å². The van der Waals surface area contributed by atoms with Gasteiger partial charge in [-0.15, -0.1) is 0 Å². The fraction of sp³-hybridized carbons (Fsp3) is 0.412. The molecule has 1 aliphatic heterocycles. The first kappa shape index (κ1) is 15.7. The van der Waals surface area contributed by atoms with Crippen LogP contribution in [0.5, 0.6) is 0 Å². The van der Waals surface area contributed by atoms with E-state index in [0.29, 0.717) is 5.95 Å². The molecule has 0 amide bonds. The minimum absolute atomic E-state index is 0.208. The number of aliphatic hydroxyl groups is 1. The van der Waals surface area contributed by atoms with Crippen molar-refractivity contribution in [1.29, 1.82) is 0 Å². The van der Waals surface area contributed by atoms with Crippen LogP contribution in [0.25, 0.3) is 0 Å². The first-order valence-corrected chi connectivity index (χ1v) is 8.00. The summed E-state index contributed by atoms with van der Waals surface area (Å²) in [6.45, 7) is 4.57. The second-order valence-corrected chi connectivity index (χ2v) is 5.79. The predicted molar refractivity (Wildman–Crippen MR) is 91.4 cm³/mol. The topological polar surface area (TPSA) is 78.5 Å². The molecule has 2 aromatic rings. The van der Waals surface area contributed by atoms with Crippen molar-refractivity contribution < 1.29 is 5.11 Å². The number of aromatic nitrogens is 2. The van der Waals surface area contributed by atoms with Gasteiger partial charge in [0.05, 0.1) is 6.61 Å². The van der Waals surface area contributed by atoms with Gasteiger partial charge in [-0.25, -0.2) is 4.98 Å². The number of piperazine rings is 1. The molecule has 23 heavy (non-hydrogen) atoms. The maximum atomic E-state index is 9.05. The van der Waals surface area contributed by atoms with E-state index < -0.39 is 0 Å². The van der Waals surface area contributed by atoms with Crippen LogP contribution in [0.2, 0.25) is 0 Å². The van der Waals surface area contributed by atoms with E-state index in [1.54, 1.807) is 0 Å². The summed E-state index contributed by atoms with van der Waals surface area (Å²) in [4.78, 5) is 13.2. The van der Waals surface area contributed by atoms with E-state index in [2.05, 4.69) is 31.9 Å². The van der Waals surface area contributed by atoms with E-state index in [1.807, 2.05) is 24.4 Å². The number of nitrogens with zero attached hydrogens (tertiary/aromatic N) is 4. The van der Waals surface area contributed by atoms with Gasteiger partial charge in [-0.3, -0.25) is 4.90 Å². The highest BCUT2D eigenvalue weighted by Gasteiger charge is 2.20. The molecule has 1 aliphatic rings. The van der Waals surface area contributed by atoms with Crippen LogP contribution in [0.15, 0.2) is 36.5 Å². The maximum absolute atomic E-state index is 9.05. The highest BCUT2D eigenvalue weighted by Crippen LogP contribution is 2.22. The molecule has 0 atom stereocenters. The molecular weight excluding hydrogens is 290 g/mol. The molecule has 0 saturated carbocycles. The zero-order valence-electron chi connectivity index (χ0n) is 13.2. The smallest absolute Gasteiger partial charge is 0.221 e. The van der Waals surface area contributed by atoms with Crippen LogP contribution in [-0.4, -0.2) is 59.3 Å². The third-order valence-corrected chi connectivity index (χ3v) is 4.19. The number of hydrogen-bond acceptors (Lipinski definition) is 6. The first-order valence-electron chi connectivity index (χ1n) is 8.00. The van der Waals surface area contributed by atoms with E-state index in [9.17, 15) is 0 Å². The quantitative estimate of drug-likeness (QED) is 0.849. The average Bonchev–Trinajstić information content (AvgIpc) is 2.58. The second-order valence-electron chi connectivity index (χ2n) is 5.79. The molecule has 0 radical (unpaired) electrons. The monoisotopic (exact) mass is 313 g/mol. The lowest BCUT2D eigenvalue weighted by atomic mass is 10.1. The van der Waals surface area contributed by atoms with E-state index in [-0.39, 0.29) is 6.61 Å². The van der Waals surface area contributed by atoms with Gasteiger partial charge in [0, 0.05) is 50.9 Å². The van der Waals surface area contributed by atoms with Gasteiger partial charge in [-0.2, -0.15) is 4.98 Å². The molecule has 0 bridgehead atoms. The van der Waals surface area contributed by atoms with Crippen molar-refractivity contribution in [1.82, 2.24) is 14.9 Å². The van der Waals surface area contributed by atoms with Gasteiger partial charge in [0.1, 0.15) is 5.82 Å². The van der Waals surface area contributed by atoms with E-state index in [1.165, 1.54) is 5.56 Å². The molecule has 1 aromatic carbocycles. The SMILES string of the molecule is Nc1ncc(Cc2ccccc2)c(N2CCN(CCO)CC2)n1. The number of nitrogen functional groups attached to an aromatic ring is 1. The second kappa shape index (κ2) is 7.39. The molecule has 3 rings (SSSR count). The Morgan fingerprint density at radius 1 is 1.09 bits per heavy atom. The highest BCUT2D eigenvalue weighted by atomic mass is 16.3. The predicted octanol–water partition coefficient (Wildman–Crippen LogP) is 0.764. The molecule has 0 unspecified atom stereocenters. The molecule has 6 nitrogen and oxygen atoms in total. The molecule has 0 aliphatic carbocycles. The number of anilines is 2. The van der Waals surface area contributed by atoms with Gasteiger partial charge in [0.25, 0.3) is 0 Å². The fourth-order valence-corrected chi connectivity index (χ4v) is 2.95. The van der Waals surface area contributed by atoms with Crippen molar-refractivity contribution in [3.05, 3.63) is 47.7 Å². The Morgan fingerprint density at radius 2 is 1.83 bits per heavy atom. The average molecular weight is 313 g/mol. The van der Waals surface area contributed by atoms with Crippen LogP contribution in [0.3, 0.4) is 0 Å². The van der Waals surface area contributed by atoms with Gasteiger partial charge in [-0.05, 0) is 5.56 Å². The molecule has 6 heteroatoms. The molecule has 3 N–H and O–H groups in total. The Labute approximate surface area is 136 Å². The minimum Gasteiger partial charge on any atom is -0.395 e. The molecule has 122 valence electrons. The molecule has 2 heterocycles. The van der Waals surface area contributed by atoms with Gasteiger partial charge in [0.2, 0.25) is 5.95 Å². The van der Waals surface area contributed by atoms with Crippen molar-refractivity contribution in [2.24, 2.45) is 0 Å². The van der Waals surface area contributed by atoms with Gasteiger partial charge in [-0.1, -0.05) is 30.3 Å². The zero-order valence-corrected chi connectivity index (χ0v) is 13.2. The van der Waals surface area contributed by atoms with Crippen molar-refractivity contribution >= 4 is 11.8 Å². The minimum atomic E-state index is 0.208. The fourth-order valence-electron chi connectivity index (χ4n) is 2.95. The van der Waals surface area contributed by atoms with Crippen LogP contribution in [0.4, 0.5) is 11.8 Å².